The van der Waals surface area contributed by atoms with Crippen molar-refractivity contribution in [2.24, 2.45) is 29.0 Å². The first kappa shape index (κ1) is 32.8. The van der Waals surface area contributed by atoms with E-state index in [1.165, 1.54) is 0 Å². The highest BCUT2D eigenvalue weighted by atomic mass is 16.4. The van der Waals surface area contributed by atoms with E-state index in [1.807, 2.05) is 13.8 Å². The molecule has 0 bridgehead atoms. The van der Waals surface area contributed by atoms with Crippen molar-refractivity contribution in [3.8, 4) is 0 Å². The van der Waals surface area contributed by atoms with Crippen LogP contribution in [0.15, 0.2) is 0 Å². The van der Waals surface area contributed by atoms with Crippen molar-refractivity contribution >= 4 is 23.7 Å². The fraction of sp³-hybridized carbons (Fsp3) is 0.833. The molecule has 11 nitrogen and oxygen atoms in total. The van der Waals surface area contributed by atoms with E-state index in [4.69, 9.17) is 17.2 Å². The second-order valence-corrected chi connectivity index (χ2v) is 9.32. The fourth-order valence-corrected chi connectivity index (χ4v) is 3.56. The van der Waals surface area contributed by atoms with E-state index in [2.05, 4.69) is 16.0 Å². The largest absolute Gasteiger partial charge is 0.480 e. The van der Waals surface area contributed by atoms with E-state index in [0.717, 1.165) is 6.42 Å². The molecular weight excluding hydrogens is 452 g/mol. The Hall–Kier alpha value is -2.24. The van der Waals surface area contributed by atoms with Crippen molar-refractivity contribution in [2.75, 3.05) is 13.1 Å². The molecule has 0 aromatic rings. The molecule has 0 radical (unpaired) electrons. The zero-order valence-corrected chi connectivity index (χ0v) is 21.8. The third-order valence-corrected chi connectivity index (χ3v) is 6.46. The van der Waals surface area contributed by atoms with Crippen LogP contribution in [0, 0.1) is 11.8 Å². The van der Waals surface area contributed by atoms with Gasteiger partial charge in [0.1, 0.15) is 18.1 Å². The molecular formula is C24H48N6O5. The van der Waals surface area contributed by atoms with E-state index in [9.17, 15) is 24.3 Å². The molecule has 3 amide bonds. The van der Waals surface area contributed by atoms with Crippen molar-refractivity contribution in [1.29, 1.82) is 0 Å². The number of amides is 3. The molecule has 0 spiro atoms. The van der Waals surface area contributed by atoms with Crippen LogP contribution in [0.5, 0.6) is 0 Å². The lowest BCUT2D eigenvalue weighted by Gasteiger charge is -2.29. The third-order valence-electron chi connectivity index (χ3n) is 6.46. The second-order valence-electron chi connectivity index (χ2n) is 9.32. The smallest absolute Gasteiger partial charge is 0.326 e. The van der Waals surface area contributed by atoms with Gasteiger partial charge in [0.05, 0.1) is 6.04 Å². The van der Waals surface area contributed by atoms with Crippen LogP contribution < -0.4 is 33.2 Å². The first-order valence-corrected chi connectivity index (χ1v) is 12.8. The number of aliphatic carboxylic acids is 1. The highest BCUT2D eigenvalue weighted by molar-refractivity contribution is 5.94. The number of rotatable bonds is 19. The molecule has 0 aliphatic carbocycles. The van der Waals surface area contributed by atoms with E-state index in [-0.39, 0.29) is 11.8 Å². The molecule has 0 fully saturated rings. The molecule has 0 aliphatic rings. The quantitative estimate of drug-likeness (QED) is 0.122. The Balaban J connectivity index is 5.53. The molecule has 0 saturated carbocycles. The van der Waals surface area contributed by atoms with Crippen molar-refractivity contribution < 1.29 is 24.3 Å². The summed E-state index contributed by atoms with van der Waals surface area (Å²) in [6.07, 6.45) is 4.66. The number of carbonyl (C=O) groups is 4. The van der Waals surface area contributed by atoms with Crippen molar-refractivity contribution in [3.63, 3.8) is 0 Å². The highest BCUT2D eigenvalue weighted by Crippen LogP contribution is 2.13. The predicted octanol–water partition coefficient (Wildman–Crippen LogP) is 0.203. The number of carbonyl (C=O) groups excluding carboxylic acids is 3. The molecule has 0 aliphatic heterocycles. The number of carboxylic acid groups (broad SMARTS) is 1. The van der Waals surface area contributed by atoms with Crippen LogP contribution in [0.2, 0.25) is 0 Å². The summed E-state index contributed by atoms with van der Waals surface area (Å²) in [6.45, 7) is 8.23. The van der Waals surface area contributed by atoms with E-state index < -0.39 is 47.9 Å². The van der Waals surface area contributed by atoms with Gasteiger partial charge in [-0.2, -0.15) is 0 Å². The second kappa shape index (κ2) is 18.1. The molecule has 0 aromatic heterocycles. The molecule has 0 rings (SSSR count). The van der Waals surface area contributed by atoms with Crippen LogP contribution in [-0.4, -0.2) is 66.1 Å². The first-order chi connectivity index (χ1) is 16.5. The average molecular weight is 501 g/mol. The minimum atomic E-state index is -1.13. The van der Waals surface area contributed by atoms with Crippen LogP contribution in [0.4, 0.5) is 0 Å². The van der Waals surface area contributed by atoms with Gasteiger partial charge < -0.3 is 38.3 Å². The molecule has 0 aromatic carbocycles. The van der Waals surface area contributed by atoms with Crippen LogP contribution in [-0.2, 0) is 19.2 Å². The number of unbranched alkanes of at least 4 members (excludes halogenated alkanes) is 2. The van der Waals surface area contributed by atoms with Gasteiger partial charge in [0, 0.05) is 0 Å². The molecule has 10 N–H and O–H groups in total. The van der Waals surface area contributed by atoms with Crippen molar-refractivity contribution in [3.05, 3.63) is 0 Å². The number of nitrogens with two attached hydrogens (primary N) is 3. The molecule has 0 heterocycles. The zero-order valence-electron chi connectivity index (χ0n) is 21.8. The summed E-state index contributed by atoms with van der Waals surface area (Å²) in [7, 11) is 0. The fourth-order valence-electron chi connectivity index (χ4n) is 3.56. The maximum absolute atomic E-state index is 13.2. The summed E-state index contributed by atoms with van der Waals surface area (Å²) in [5, 5.41) is 17.6. The van der Waals surface area contributed by atoms with Crippen LogP contribution in [0.3, 0.4) is 0 Å². The van der Waals surface area contributed by atoms with E-state index in [1.54, 1.807) is 13.8 Å². The summed E-state index contributed by atoms with van der Waals surface area (Å²) in [5.74, 6) is -3.19. The van der Waals surface area contributed by atoms with Gasteiger partial charge in [0.15, 0.2) is 0 Å². The molecule has 0 saturated heterocycles. The first-order valence-electron chi connectivity index (χ1n) is 12.8. The molecule has 6 unspecified atom stereocenters. The third kappa shape index (κ3) is 12.3. The zero-order chi connectivity index (χ0) is 27.0. The Morgan fingerprint density at radius 1 is 0.714 bits per heavy atom. The Morgan fingerprint density at radius 2 is 1.20 bits per heavy atom. The summed E-state index contributed by atoms with van der Waals surface area (Å²) >= 11 is 0. The van der Waals surface area contributed by atoms with Gasteiger partial charge >= 0.3 is 5.97 Å². The van der Waals surface area contributed by atoms with Gasteiger partial charge in [-0.1, -0.05) is 47.0 Å². The van der Waals surface area contributed by atoms with Gasteiger partial charge in [-0.3, -0.25) is 14.4 Å². The summed E-state index contributed by atoms with van der Waals surface area (Å²) in [6, 6.07) is -3.68. The summed E-state index contributed by atoms with van der Waals surface area (Å²) in [5.41, 5.74) is 17.0. The Morgan fingerprint density at radius 3 is 1.69 bits per heavy atom. The maximum Gasteiger partial charge on any atom is 0.326 e. The number of nitrogens with one attached hydrogen (secondary N) is 3. The minimum absolute atomic E-state index is 0.260. The van der Waals surface area contributed by atoms with Gasteiger partial charge in [0.25, 0.3) is 0 Å². The van der Waals surface area contributed by atoms with Gasteiger partial charge in [-0.25, -0.2) is 4.79 Å². The minimum Gasteiger partial charge on any atom is -0.480 e. The van der Waals surface area contributed by atoms with Crippen LogP contribution in [0.1, 0.15) is 79.1 Å². The molecule has 6 atom stereocenters. The summed E-state index contributed by atoms with van der Waals surface area (Å²) in [4.78, 5) is 50.5. The Kier molecular flexibility index (Phi) is 16.9. The maximum atomic E-state index is 13.2. The molecule has 204 valence electrons. The lowest BCUT2D eigenvalue weighted by molar-refractivity contribution is -0.144. The van der Waals surface area contributed by atoms with E-state index >= 15 is 0 Å². The lowest BCUT2D eigenvalue weighted by atomic mass is 9.95. The summed E-state index contributed by atoms with van der Waals surface area (Å²) < 4.78 is 0. The van der Waals surface area contributed by atoms with Gasteiger partial charge in [-0.05, 0) is 57.0 Å². The highest BCUT2D eigenvalue weighted by Gasteiger charge is 2.33. The SMILES string of the molecule is CCC(C)C(NC(=O)C(NC(=O)C(CCCCN)NC(=O)C(N)CCCCN)C(C)CC)C(=O)O. The monoisotopic (exact) mass is 500 g/mol. The standard InChI is InChI=1S/C24H48N6O5/c1-5-15(3)19(23(33)30-20(24(34)35)16(4)6-2)29-22(32)18(12-8-10-14-26)28-21(31)17(27)11-7-9-13-25/h15-20H,5-14,25-27H2,1-4H3,(H,28,31)(H,29,32)(H,30,33)(H,34,35). The van der Waals surface area contributed by atoms with E-state index in [0.29, 0.717) is 58.0 Å². The van der Waals surface area contributed by atoms with Crippen molar-refractivity contribution in [2.45, 2.75) is 103 Å². The topological polar surface area (TPSA) is 203 Å². The Bertz CT molecular complexity index is 662. The van der Waals surface area contributed by atoms with Gasteiger partial charge in [0.2, 0.25) is 17.7 Å². The number of carboxylic acids is 1. The predicted molar refractivity (Wildman–Crippen MR) is 136 cm³/mol. The Labute approximate surface area is 209 Å². The molecule has 11 heteroatoms. The van der Waals surface area contributed by atoms with Gasteiger partial charge in [-0.15, -0.1) is 0 Å². The van der Waals surface area contributed by atoms with Crippen LogP contribution in [0.25, 0.3) is 0 Å². The normalized spacial score (nSPS) is 16.3. The molecule has 35 heavy (non-hydrogen) atoms. The van der Waals surface area contributed by atoms with Crippen LogP contribution >= 0.6 is 0 Å². The lowest BCUT2D eigenvalue weighted by Crippen LogP contribution is -2.59. The number of hydrogen-bond acceptors (Lipinski definition) is 7. The average Bonchev–Trinajstić information content (AvgIpc) is 2.83. The van der Waals surface area contributed by atoms with Crippen molar-refractivity contribution in [1.82, 2.24) is 16.0 Å². The number of hydrogen-bond donors (Lipinski definition) is 7.